The second-order valence-electron chi connectivity index (χ2n) is 7.50. The summed E-state index contributed by atoms with van der Waals surface area (Å²) in [6.07, 6.45) is 9.15. The van der Waals surface area contributed by atoms with Crippen molar-refractivity contribution in [3.63, 3.8) is 0 Å². The van der Waals surface area contributed by atoms with Gasteiger partial charge in [-0.3, -0.25) is 0 Å². The number of hydrogen-bond acceptors (Lipinski definition) is 0. The number of rotatable bonds is 11. The zero-order valence-corrected chi connectivity index (χ0v) is 15.8. The lowest BCUT2D eigenvalue weighted by Crippen LogP contribution is -2.34. The highest BCUT2D eigenvalue weighted by Crippen LogP contribution is 2.37. The van der Waals surface area contributed by atoms with E-state index in [0.29, 0.717) is 5.92 Å². The Kier molecular flexibility index (Phi) is 8.38. The first-order valence-electron chi connectivity index (χ1n) is 9.49. The smallest absolute Gasteiger partial charge is 0.348 e. The van der Waals surface area contributed by atoms with Gasteiger partial charge in [-0.1, -0.05) is 58.8 Å². The second kappa shape index (κ2) is 9.53. The molecule has 0 aliphatic carbocycles. The minimum atomic E-state index is -4.26. The number of unbranched alkanes of at least 4 members (excludes halogenated alkanes) is 5. The Labute approximate surface area is 145 Å². The molecule has 24 heavy (non-hydrogen) atoms. The molecule has 1 atom stereocenters. The first-order chi connectivity index (χ1) is 11.2. The van der Waals surface area contributed by atoms with Crippen molar-refractivity contribution < 1.29 is 13.2 Å². The van der Waals surface area contributed by atoms with E-state index in [9.17, 15) is 13.2 Å². The quantitative estimate of drug-likeness (QED) is 0.368. The molecule has 0 aliphatic rings. The Balaban J connectivity index is 2.84. The predicted molar refractivity (Wildman–Crippen MR) is 95.1 cm³/mol. The summed E-state index contributed by atoms with van der Waals surface area (Å²) in [5.41, 5.74) is -0.836. The van der Waals surface area contributed by atoms with Gasteiger partial charge in [0.25, 0.3) is 0 Å². The average Bonchev–Trinajstić information content (AvgIpc) is 3.00. The van der Waals surface area contributed by atoms with Gasteiger partial charge in [0.15, 0.2) is 0 Å². The van der Waals surface area contributed by atoms with Crippen LogP contribution in [0.5, 0.6) is 0 Å². The van der Waals surface area contributed by atoms with Crippen LogP contribution in [0.15, 0.2) is 18.5 Å². The molecule has 1 aromatic heterocycles. The maximum atomic E-state index is 12.9. The molecule has 0 N–H and O–H groups in total. The standard InChI is InChI=1S/C20H34F3N/c1-5-7-9-11-13-17(12-10-8-6-2)19(3,4)24-15-14-18(16-24)20(21,22)23/h14-17H,5-13H2,1-4H3. The van der Waals surface area contributed by atoms with E-state index in [2.05, 4.69) is 27.7 Å². The summed E-state index contributed by atoms with van der Waals surface area (Å²) in [6.45, 7) is 8.55. The molecule has 1 nitrogen and oxygen atoms in total. The van der Waals surface area contributed by atoms with Crippen molar-refractivity contribution in [3.8, 4) is 0 Å². The highest BCUT2D eigenvalue weighted by Gasteiger charge is 2.35. The van der Waals surface area contributed by atoms with Crippen LogP contribution in [0.1, 0.15) is 91.0 Å². The van der Waals surface area contributed by atoms with Crippen molar-refractivity contribution in [1.29, 1.82) is 0 Å². The van der Waals surface area contributed by atoms with Crippen LogP contribution in [0.2, 0.25) is 0 Å². The maximum Gasteiger partial charge on any atom is 0.417 e. The van der Waals surface area contributed by atoms with E-state index in [0.717, 1.165) is 19.3 Å². The summed E-state index contributed by atoms with van der Waals surface area (Å²) >= 11 is 0. The summed E-state index contributed by atoms with van der Waals surface area (Å²) in [7, 11) is 0. The molecule has 0 radical (unpaired) electrons. The van der Waals surface area contributed by atoms with Crippen LogP contribution in [0, 0.1) is 5.92 Å². The SMILES string of the molecule is CCCCCCC(CCCCC)C(C)(C)n1ccc(C(F)(F)F)c1. The van der Waals surface area contributed by atoms with Gasteiger partial charge in [-0.05, 0) is 38.7 Å². The van der Waals surface area contributed by atoms with Gasteiger partial charge in [0.1, 0.15) is 0 Å². The van der Waals surface area contributed by atoms with E-state index in [1.807, 2.05) is 0 Å². The van der Waals surface area contributed by atoms with E-state index in [1.165, 1.54) is 50.8 Å². The first-order valence-corrected chi connectivity index (χ1v) is 9.49. The topological polar surface area (TPSA) is 4.93 Å². The summed E-state index contributed by atoms with van der Waals surface area (Å²) in [6, 6.07) is 1.20. The molecule has 0 aromatic carbocycles. The molecule has 1 aromatic rings. The average molecular weight is 345 g/mol. The third kappa shape index (κ3) is 6.18. The number of hydrogen-bond donors (Lipinski definition) is 0. The van der Waals surface area contributed by atoms with Crippen LogP contribution >= 0.6 is 0 Å². The molecule has 1 rings (SSSR count). The van der Waals surface area contributed by atoms with Gasteiger partial charge >= 0.3 is 6.18 Å². The molecular weight excluding hydrogens is 311 g/mol. The Bertz CT molecular complexity index is 460. The molecular formula is C20H34F3N. The van der Waals surface area contributed by atoms with E-state index in [-0.39, 0.29) is 5.54 Å². The van der Waals surface area contributed by atoms with Crippen molar-refractivity contribution in [2.24, 2.45) is 5.92 Å². The number of alkyl halides is 3. The number of nitrogens with zero attached hydrogens (tertiary/aromatic N) is 1. The molecule has 0 saturated heterocycles. The van der Waals surface area contributed by atoms with Crippen molar-refractivity contribution in [2.75, 3.05) is 0 Å². The van der Waals surface area contributed by atoms with Crippen LogP contribution in [0.25, 0.3) is 0 Å². The van der Waals surface area contributed by atoms with Crippen LogP contribution < -0.4 is 0 Å². The van der Waals surface area contributed by atoms with Crippen molar-refractivity contribution in [2.45, 2.75) is 97.2 Å². The van der Waals surface area contributed by atoms with Gasteiger partial charge in [0.05, 0.1) is 5.56 Å². The minimum Gasteiger partial charge on any atom is -0.348 e. The number of halogens is 3. The summed E-state index contributed by atoms with van der Waals surface area (Å²) in [4.78, 5) is 0. The second-order valence-corrected chi connectivity index (χ2v) is 7.50. The van der Waals surface area contributed by atoms with Gasteiger partial charge < -0.3 is 4.57 Å². The molecule has 1 unspecified atom stereocenters. The van der Waals surface area contributed by atoms with Crippen molar-refractivity contribution >= 4 is 0 Å². The van der Waals surface area contributed by atoms with Crippen LogP contribution in [-0.4, -0.2) is 4.57 Å². The molecule has 0 bridgehead atoms. The highest BCUT2D eigenvalue weighted by atomic mass is 19.4. The lowest BCUT2D eigenvalue weighted by Gasteiger charge is -2.37. The van der Waals surface area contributed by atoms with E-state index in [1.54, 1.807) is 10.8 Å². The van der Waals surface area contributed by atoms with Crippen LogP contribution in [-0.2, 0) is 11.7 Å². The summed E-state index contributed by atoms with van der Waals surface area (Å²) in [5, 5.41) is 0. The zero-order valence-electron chi connectivity index (χ0n) is 15.8. The van der Waals surface area contributed by atoms with Crippen LogP contribution in [0.3, 0.4) is 0 Å². The summed E-state index contributed by atoms with van der Waals surface area (Å²) in [5.74, 6) is 0.411. The fourth-order valence-electron chi connectivity index (χ4n) is 3.44. The molecule has 0 spiro atoms. The predicted octanol–water partition coefficient (Wildman–Crippen LogP) is 7.41. The maximum absolute atomic E-state index is 12.9. The molecule has 1 heterocycles. The van der Waals surface area contributed by atoms with E-state index < -0.39 is 11.7 Å². The highest BCUT2D eigenvalue weighted by molar-refractivity contribution is 5.16. The van der Waals surface area contributed by atoms with Crippen molar-refractivity contribution in [3.05, 3.63) is 24.0 Å². The molecule has 0 saturated carbocycles. The lowest BCUT2D eigenvalue weighted by molar-refractivity contribution is -0.137. The molecule has 0 aliphatic heterocycles. The Morgan fingerprint density at radius 1 is 0.917 bits per heavy atom. The minimum absolute atomic E-state index is 0.288. The Morgan fingerprint density at radius 2 is 1.46 bits per heavy atom. The molecule has 0 amide bonds. The van der Waals surface area contributed by atoms with E-state index in [4.69, 9.17) is 0 Å². The Hall–Kier alpha value is -0.930. The van der Waals surface area contributed by atoms with Gasteiger partial charge in [-0.15, -0.1) is 0 Å². The monoisotopic (exact) mass is 345 g/mol. The third-order valence-electron chi connectivity index (χ3n) is 5.25. The normalized spacial score (nSPS) is 14.1. The largest absolute Gasteiger partial charge is 0.417 e. The summed E-state index contributed by atoms with van der Waals surface area (Å²) < 4.78 is 40.5. The molecule has 140 valence electrons. The Morgan fingerprint density at radius 3 is 1.96 bits per heavy atom. The zero-order chi connectivity index (χ0) is 18.2. The van der Waals surface area contributed by atoms with E-state index >= 15 is 0 Å². The lowest BCUT2D eigenvalue weighted by atomic mass is 9.79. The fraction of sp³-hybridized carbons (Fsp3) is 0.800. The van der Waals surface area contributed by atoms with Gasteiger partial charge in [-0.25, -0.2) is 0 Å². The van der Waals surface area contributed by atoms with Gasteiger partial charge in [-0.2, -0.15) is 13.2 Å². The first kappa shape index (κ1) is 21.1. The van der Waals surface area contributed by atoms with Gasteiger partial charge in [0, 0.05) is 17.9 Å². The van der Waals surface area contributed by atoms with Crippen LogP contribution in [0.4, 0.5) is 13.2 Å². The molecule has 0 fully saturated rings. The number of aromatic nitrogens is 1. The van der Waals surface area contributed by atoms with Crippen molar-refractivity contribution in [1.82, 2.24) is 4.57 Å². The molecule has 4 heteroatoms. The third-order valence-corrected chi connectivity index (χ3v) is 5.25. The van der Waals surface area contributed by atoms with Gasteiger partial charge in [0.2, 0.25) is 0 Å². The fourth-order valence-corrected chi connectivity index (χ4v) is 3.44.